The maximum absolute atomic E-state index is 8.28. The molecule has 1 rings (SSSR count). The van der Waals surface area contributed by atoms with Gasteiger partial charge in [-0.3, -0.25) is 0 Å². The first kappa shape index (κ1) is 6.70. The van der Waals surface area contributed by atoms with Crippen LogP contribution in [0.2, 0.25) is 0 Å². The Labute approximate surface area is 59.7 Å². The lowest BCUT2D eigenvalue weighted by Gasteiger charge is -1.91. The average Bonchev–Trinajstić information content (AvgIpc) is 2.17. The Balaban J connectivity index is 2.50. The Hall–Kier alpha value is -0.420. The van der Waals surface area contributed by atoms with Crippen molar-refractivity contribution in [3.05, 3.63) is 11.6 Å². The van der Waals surface area contributed by atoms with Gasteiger partial charge in [-0.2, -0.15) is 17.0 Å². The summed E-state index contributed by atoms with van der Waals surface area (Å²) in [6, 6.07) is 2.05. The van der Waals surface area contributed by atoms with Crippen molar-refractivity contribution in [1.82, 2.24) is 0 Å². The van der Waals surface area contributed by atoms with Crippen molar-refractivity contribution in [2.24, 2.45) is 0 Å². The van der Waals surface area contributed by atoms with Gasteiger partial charge in [-0.05, 0) is 12.0 Å². The number of hydrogen-bond acceptors (Lipinski definition) is 2. The molecule has 1 aliphatic rings. The van der Waals surface area contributed by atoms with Gasteiger partial charge in [0.15, 0.2) is 0 Å². The predicted octanol–water partition coefficient (Wildman–Crippen LogP) is 1.96. The highest BCUT2D eigenvalue weighted by atomic mass is 32.2. The van der Waals surface area contributed by atoms with Gasteiger partial charge in [0.05, 0.1) is 6.07 Å². The Bertz CT molecular complexity index is 166. The highest BCUT2D eigenvalue weighted by Crippen LogP contribution is 2.29. The maximum Gasteiger partial charge on any atom is 0.0911 e. The van der Waals surface area contributed by atoms with Crippen molar-refractivity contribution in [2.45, 2.75) is 18.6 Å². The first-order chi connectivity index (χ1) is 4.33. The molecule has 2 heteroatoms. The van der Waals surface area contributed by atoms with Crippen LogP contribution in [0.5, 0.6) is 0 Å². The Kier molecular flexibility index (Phi) is 2.18. The Morgan fingerprint density at radius 3 is 3.11 bits per heavy atom. The molecule has 0 amide bonds. The van der Waals surface area contributed by atoms with Crippen molar-refractivity contribution in [3.63, 3.8) is 0 Å². The van der Waals surface area contributed by atoms with Gasteiger partial charge in [0.2, 0.25) is 0 Å². The van der Waals surface area contributed by atoms with Crippen LogP contribution >= 0.6 is 11.8 Å². The quantitative estimate of drug-likeness (QED) is 0.479. The molecule has 1 nitrogen and oxygen atoms in total. The third kappa shape index (κ3) is 1.76. The van der Waals surface area contributed by atoms with Gasteiger partial charge in [0.25, 0.3) is 0 Å². The molecule has 1 heterocycles. The first-order valence-electron chi connectivity index (χ1n) is 3.02. The minimum atomic E-state index is 0.726. The number of nitriles is 1. The van der Waals surface area contributed by atoms with Crippen molar-refractivity contribution >= 4 is 11.8 Å². The second kappa shape index (κ2) is 2.93. The lowest BCUT2D eigenvalue weighted by Crippen LogP contribution is -1.84. The molecule has 1 atom stereocenters. The molecule has 9 heavy (non-hydrogen) atoms. The summed E-state index contributed by atoms with van der Waals surface area (Å²) in [5.41, 5.74) is 1.30. The third-order valence-electron chi connectivity index (χ3n) is 1.37. The van der Waals surface area contributed by atoms with Crippen LogP contribution in [0.4, 0.5) is 0 Å². The molecule has 1 aliphatic heterocycles. The fourth-order valence-corrected chi connectivity index (χ4v) is 1.96. The molecule has 48 valence electrons. The predicted molar refractivity (Wildman–Crippen MR) is 40.2 cm³/mol. The Morgan fingerprint density at radius 2 is 2.67 bits per heavy atom. The lowest BCUT2D eigenvalue weighted by atomic mass is 10.2. The third-order valence-corrected chi connectivity index (χ3v) is 2.64. The minimum absolute atomic E-state index is 0.726. The lowest BCUT2D eigenvalue weighted by molar-refractivity contribution is 0.968. The van der Waals surface area contributed by atoms with E-state index in [2.05, 4.69) is 13.0 Å². The molecule has 1 fully saturated rings. The molecule has 0 bridgehead atoms. The number of nitrogens with zero attached hydrogens (tertiary/aromatic N) is 1. The van der Waals surface area contributed by atoms with Crippen LogP contribution < -0.4 is 0 Å². The zero-order chi connectivity index (χ0) is 6.69. The topological polar surface area (TPSA) is 23.8 Å². The highest BCUT2D eigenvalue weighted by molar-refractivity contribution is 8.00. The molecule has 0 aromatic rings. The molecule has 0 aromatic heterocycles. The number of allylic oxidation sites excluding steroid dienone is 1. The average molecular weight is 139 g/mol. The van der Waals surface area contributed by atoms with Crippen LogP contribution in [0, 0.1) is 11.3 Å². The summed E-state index contributed by atoms with van der Waals surface area (Å²) in [7, 11) is 0. The van der Waals surface area contributed by atoms with E-state index in [1.807, 2.05) is 11.8 Å². The molecule has 0 aromatic carbocycles. The SMILES string of the molecule is CC1CC(=CC#N)CS1. The van der Waals surface area contributed by atoms with E-state index in [4.69, 9.17) is 5.26 Å². The zero-order valence-electron chi connectivity index (χ0n) is 5.42. The molecule has 0 radical (unpaired) electrons. The van der Waals surface area contributed by atoms with Crippen molar-refractivity contribution in [3.8, 4) is 6.07 Å². The van der Waals surface area contributed by atoms with Crippen LogP contribution in [0.3, 0.4) is 0 Å². The van der Waals surface area contributed by atoms with Crippen LogP contribution in [-0.2, 0) is 0 Å². The summed E-state index contributed by atoms with van der Waals surface area (Å²) in [6.45, 7) is 2.20. The first-order valence-corrected chi connectivity index (χ1v) is 4.07. The smallest absolute Gasteiger partial charge is 0.0911 e. The summed E-state index contributed by atoms with van der Waals surface area (Å²) >= 11 is 1.93. The normalized spacial score (nSPS) is 30.7. The highest BCUT2D eigenvalue weighted by Gasteiger charge is 2.14. The van der Waals surface area contributed by atoms with Gasteiger partial charge in [0.1, 0.15) is 0 Å². The van der Waals surface area contributed by atoms with E-state index >= 15 is 0 Å². The maximum atomic E-state index is 8.28. The molecule has 0 aliphatic carbocycles. The fourth-order valence-electron chi connectivity index (χ4n) is 0.928. The summed E-state index contributed by atoms with van der Waals surface area (Å²) in [5.74, 6) is 1.06. The summed E-state index contributed by atoms with van der Waals surface area (Å²) in [4.78, 5) is 0. The van der Waals surface area contributed by atoms with Crippen molar-refractivity contribution < 1.29 is 0 Å². The molecule has 1 unspecified atom stereocenters. The van der Waals surface area contributed by atoms with E-state index in [9.17, 15) is 0 Å². The van der Waals surface area contributed by atoms with E-state index in [0.29, 0.717) is 0 Å². The number of thioether (sulfide) groups is 1. The number of hydrogen-bond donors (Lipinski definition) is 0. The van der Waals surface area contributed by atoms with Crippen LogP contribution in [0.15, 0.2) is 11.6 Å². The van der Waals surface area contributed by atoms with Gasteiger partial charge >= 0.3 is 0 Å². The van der Waals surface area contributed by atoms with Gasteiger partial charge in [0, 0.05) is 17.1 Å². The van der Waals surface area contributed by atoms with E-state index in [0.717, 1.165) is 17.4 Å². The molecule has 0 spiro atoms. The van der Waals surface area contributed by atoms with Crippen molar-refractivity contribution in [2.75, 3.05) is 5.75 Å². The van der Waals surface area contributed by atoms with Crippen LogP contribution in [0.25, 0.3) is 0 Å². The van der Waals surface area contributed by atoms with Crippen molar-refractivity contribution in [1.29, 1.82) is 5.26 Å². The zero-order valence-corrected chi connectivity index (χ0v) is 6.24. The van der Waals surface area contributed by atoms with Crippen LogP contribution in [0.1, 0.15) is 13.3 Å². The second-order valence-electron chi connectivity index (χ2n) is 2.26. The fraction of sp³-hybridized carbons (Fsp3) is 0.571. The molecular formula is C7H9NS. The monoisotopic (exact) mass is 139 g/mol. The number of rotatable bonds is 0. The van der Waals surface area contributed by atoms with Crippen LogP contribution in [-0.4, -0.2) is 11.0 Å². The van der Waals surface area contributed by atoms with Gasteiger partial charge in [-0.15, -0.1) is 0 Å². The molecule has 1 saturated heterocycles. The Morgan fingerprint density at radius 1 is 1.89 bits per heavy atom. The van der Waals surface area contributed by atoms with E-state index < -0.39 is 0 Å². The van der Waals surface area contributed by atoms with Gasteiger partial charge in [-0.1, -0.05) is 6.92 Å². The van der Waals surface area contributed by atoms with E-state index in [-0.39, 0.29) is 0 Å². The second-order valence-corrected chi connectivity index (χ2v) is 3.68. The standard InChI is InChI=1S/C7H9NS/c1-6-4-7(2-3-8)5-9-6/h2,6H,4-5H2,1H3. The summed E-state index contributed by atoms with van der Waals surface area (Å²) in [5, 5.41) is 9.00. The molecule has 0 saturated carbocycles. The van der Waals surface area contributed by atoms with Gasteiger partial charge < -0.3 is 0 Å². The van der Waals surface area contributed by atoms with E-state index in [1.54, 1.807) is 6.08 Å². The largest absolute Gasteiger partial charge is 0.193 e. The minimum Gasteiger partial charge on any atom is -0.193 e. The van der Waals surface area contributed by atoms with Gasteiger partial charge in [-0.25, -0.2) is 0 Å². The molecule has 0 N–H and O–H groups in total. The summed E-state index contributed by atoms with van der Waals surface area (Å²) in [6.07, 6.45) is 2.79. The summed E-state index contributed by atoms with van der Waals surface area (Å²) < 4.78 is 0. The van der Waals surface area contributed by atoms with E-state index in [1.165, 1.54) is 5.57 Å². The molecular weight excluding hydrogens is 130 g/mol.